The van der Waals surface area contributed by atoms with Crippen LogP contribution < -0.4 is 5.73 Å². The lowest BCUT2D eigenvalue weighted by Crippen LogP contribution is -2.34. The Bertz CT molecular complexity index is 432. The second kappa shape index (κ2) is 6.40. The van der Waals surface area contributed by atoms with Gasteiger partial charge in [0.1, 0.15) is 0 Å². The van der Waals surface area contributed by atoms with Gasteiger partial charge in [0.25, 0.3) is 0 Å². The van der Waals surface area contributed by atoms with Gasteiger partial charge in [-0.3, -0.25) is 4.79 Å². The van der Waals surface area contributed by atoms with E-state index in [9.17, 15) is 4.79 Å². The summed E-state index contributed by atoms with van der Waals surface area (Å²) >= 11 is 5.84. The van der Waals surface area contributed by atoms with Crippen LogP contribution in [0.1, 0.15) is 25.3 Å². The maximum absolute atomic E-state index is 12.2. The third-order valence-corrected chi connectivity index (χ3v) is 4.11. The predicted octanol–water partition coefficient (Wildman–Crippen LogP) is 2.47. The Labute approximate surface area is 119 Å². The van der Waals surface area contributed by atoms with Gasteiger partial charge in [0.05, 0.1) is 0 Å². The number of amides is 1. The van der Waals surface area contributed by atoms with Crippen molar-refractivity contribution in [1.82, 2.24) is 4.90 Å². The minimum Gasteiger partial charge on any atom is -0.340 e. The van der Waals surface area contributed by atoms with E-state index in [-0.39, 0.29) is 5.91 Å². The number of hydrogen-bond donors (Lipinski definition) is 1. The normalized spacial score (nSPS) is 22.8. The first-order chi connectivity index (χ1) is 9.10. The van der Waals surface area contributed by atoms with Gasteiger partial charge in [-0.25, -0.2) is 0 Å². The smallest absolute Gasteiger partial charge is 0.223 e. The van der Waals surface area contributed by atoms with Crippen LogP contribution in [0.3, 0.4) is 0 Å². The van der Waals surface area contributed by atoms with Crippen LogP contribution in [0.4, 0.5) is 0 Å². The van der Waals surface area contributed by atoms with Gasteiger partial charge in [0.2, 0.25) is 5.91 Å². The van der Waals surface area contributed by atoms with E-state index < -0.39 is 0 Å². The average molecular weight is 281 g/mol. The van der Waals surface area contributed by atoms with E-state index >= 15 is 0 Å². The van der Waals surface area contributed by atoms with Gasteiger partial charge < -0.3 is 10.6 Å². The first kappa shape index (κ1) is 14.4. The number of likely N-dealkylation sites (tertiary alicyclic amines) is 1. The molecule has 1 saturated heterocycles. The summed E-state index contributed by atoms with van der Waals surface area (Å²) in [5.41, 5.74) is 6.84. The summed E-state index contributed by atoms with van der Waals surface area (Å²) in [6.45, 7) is 3.60. The number of carbonyl (C=O) groups is 1. The highest BCUT2D eigenvalue weighted by molar-refractivity contribution is 6.30. The minimum atomic E-state index is 0.235. The molecular formula is C15H21ClN2O. The summed E-state index contributed by atoms with van der Waals surface area (Å²) in [4.78, 5) is 14.2. The van der Waals surface area contributed by atoms with Crippen LogP contribution in [0.15, 0.2) is 24.3 Å². The number of nitrogens with two attached hydrogens (primary N) is 1. The zero-order valence-electron chi connectivity index (χ0n) is 11.3. The fourth-order valence-corrected chi connectivity index (χ4v) is 2.83. The highest BCUT2D eigenvalue weighted by atomic mass is 35.5. The minimum absolute atomic E-state index is 0.235. The Morgan fingerprint density at radius 2 is 2.11 bits per heavy atom. The summed E-state index contributed by atoms with van der Waals surface area (Å²) in [6.07, 6.45) is 2.36. The van der Waals surface area contributed by atoms with Gasteiger partial charge in [-0.05, 0) is 49.9 Å². The van der Waals surface area contributed by atoms with Gasteiger partial charge >= 0.3 is 0 Å². The maximum atomic E-state index is 12.2. The average Bonchev–Trinajstić information content (AvgIpc) is 2.79. The van der Waals surface area contributed by atoms with Crippen molar-refractivity contribution < 1.29 is 4.79 Å². The quantitative estimate of drug-likeness (QED) is 0.921. The van der Waals surface area contributed by atoms with E-state index in [1.165, 1.54) is 0 Å². The maximum Gasteiger partial charge on any atom is 0.223 e. The Balaban J connectivity index is 1.86. The summed E-state index contributed by atoms with van der Waals surface area (Å²) in [6, 6.07) is 8.01. The predicted molar refractivity (Wildman–Crippen MR) is 78.1 cm³/mol. The molecule has 3 nitrogen and oxygen atoms in total. The molecule has 2 unspecified atom stereocenters. The van der Waals surface area contributed by atoms with Crippen molar-refractivity contribution in [3.8, 4) is 0 Å². The van der Waals surface area contributed by atoms with Crippen molar-refractivity contribution in [2.45, 2.75) is 32.2 Å². The Morgan fingerprint density at radius 1 is 1.42 bits per heavy atom. The second-order valence-electron chi connectivity index (χ2n) is 5.36. The molecular weight excluding hydrogens is 260 g/mol. The molecule has 2 rings (SSSR count). The summed E-state index contributed by atoms with van der Waals surface area (Å²) in [5.74, 6) is 0.702. The van der Waals surface area contributed by atoms with Gasteiger partial charge in [0.15, 0.2) is 0 Å². The summed E-state index contributed by atoms with van der Waals surface area (Å²) < 4.78 is 0. The van der Waals surface area contributed by atoms with E-state index in [1.54, 1.807) is 0 Å². The third kappa shape index (κ3) is 3.71. The second-order valence-corrected chi connectivity index (χ2v) is 5.80. The lowest BCUT2D eigenvalue weighted by atomic mass is 10.1. The fourth-order valence-electron chi connectivity index (χ4n) is 2.71. The number of hydrogen-bond acceptors (Lipinski definition) is 2. The zero-order valence-corrected chi connectivity index (χ0v) is 12.1. The molecule has 0 saturated carbocycles. The van der Waals surface area contributed by atoms with Crippen LogP contribution in [-0.2, 0) is 11.2 Å². The van der Waals surface area contributed by atoms with Gasteiger partial charge in [-0.15, -0.1) is 0 Å². The van der Waals surface area contributed by atoms with Crippen molar-refractivity contribution in [2.24, 2.45) is 11.7 Å². The standard InChI is InChI=1S/C15H21ClN2O/c1-11-8-13(9-17)10-18(11)15(19)7-4-12-2-5-14(16)6-3-12/h2-3,5-6,11,13H,4,7-10,17H2,1H3. The number of nitrogens with zero attached hydrogens (tertiary/aromatic N) is 1. The molecule has 0 bridgehead atoms. The molecule has 1 aliphatic heterocycles. The number of carbonyl (C=O) groups excluding carboxylic acids is 1. The molecule has 0 spiro atoms. The SMILES string of the molecule is CC1CC(CN)CN1C(=O)CCc1ccc(Cl)cc1. The molecule has 0 aliphatic carbocycles. The first-order valence-corrected chi connectivity index (χ1v) is 7.22. The van der Waals surface area contributed by atoms with Gasteiger partial charge in [0, 0.05) is 24.0 Å². The van der Waals surface area contributed by atoms with Crippen molar-refractivity contribution in [3.63, 3.8) is 0 Å². The molecule has 0 aromatic heterocycles. The highest BCUT2D eigenvalue weighted by Gasteiger charge is 2.30. The molecule has 0 radical (unpaired) electrons. The Hall–Kier alpha value is -1.06. The molecule has 1 heterocycles. The van der Waals surface area contributed by atoms with Crippen LogP contribution >= 0.6 is 11.6 Å². The molecule has 1 amide bonds. The van der Waals surface area contributed by atoms with Gasteiger partial charge in [-0.1, -0.05) is 23.7 Å². The topological polar surface area (TPSA) is 46.3 Å². The van der Waals surface area contributed by atoms with E-state index in [0.717, 1.165) is 30.0 Å². The van der Waals surface area contributed by atoms with Crippen LogP contribution in [0.25, 0.3) is 0 Å². The molecule has 1 fully saturated rings. The monoisotopic (exact) mass is 280 g/mol. The lowest BCUT2D eigenvalue weighted by Gasteiger charge is -2.21. The Kier molecular flexibility index (Phi) is 4.83. The van der Waals surface area contributed by atoms with E-state index in [2.05, 4.69) is 6.92 Å². The molecule has 1 aromatic rings. The van der Waals surface area contributed by atoms with E-state index in [4.69, 9.17) is 17.3 Å². The van der Waals surface area contributed by atoms with E-state index in [0.29, 0.717) is 24.9 Å². The number of rotatable bonds is 4. The van der Waals surface area contributed by atoms with Crippen molar-refractivity contribution in [1.29, 1.82) is 0 Å². The highest BCUT2D eigenvalue weighted by Crippen LogP contribution is 2.23. The molecule has 104 valence electrons. The fraction of sp³-hybridized carbons (Fsp3) is 0.533. The van der Waals surface area contributed by atoms with Crippen molar-refractivity contribution in [2.75, 3.05) is 13.1 Å². The first-order valence-electron chi connectivity index (χ1n) is 6.84. The number of benzene rings is 1. The van der Waals surface area contributed by atoms with Gasteiger partial charge in [-0.2, -0.15) is 0 Å². The van der Waals surface area contributed by atoms with Crippen LogP contribution in [0, 0.1) is 5.92 Å². The summed E-state index contributed by atoms with van der Waals surface area (Å²) in [5, 5.41) is 0.731. The molecule has 1 aromatic carbocycles. The Morgan fingerprint density at radius 3 is 2.68 bits per heavy atom. The molecule has 1 aliphatic rings. The molecule has 2 N–H and O–H groups in total. The van der Waals surface area contributed by atoms with Crippen LogP contribution in [0.2, 0.25) is 5.02 Å². The zero-order chi connectivity index (χ0) is 13.8. The number of aryl methyl sites for hydroxylation is 1. The molecule has 4 heteroatoms. The molecule has 2 atom stereocenters. The van der Waals surface area contributed by atoms with Crippen molar-refractivity contribution in [3.05, 3.63) is 34.9 Å². The molecule has 19 heavy (non-hydrogen) atoms. The largest absolute Gasteiger partial charge is 0.340 e. The summed E-state index contributed by atoms with van der Waals surface area (Å²) in [7, 11) is 0. The van der Waals surface area contributed by atoms with Crippen LogP contribution in [-0.4, -0.2) is 29.9 Å². The van der Waals surface area contributed by atoms with E-state index in [1.807, 2.05) is 29.2 Å². The lowest BCUT2D eigenvalue weighted by molar-refractivity contribution is -0.131. The number of halogens is 1. The van der Waals surface area contributed by atoms with Crippen molar-refractivity contribution >= 4 is 17.5 Å². The third-order valence-electron chi connectivity index (χ3n) is 3.86. The van der Waals surface area contributed by atoms with Crippen LogP contribution in [0.5, 0.6) is 0 Å².